The van der Waals surface area contributed by atoms with Gasteiger partial charge in [-0.25, -0.2) is 0 Å². The van der Waals surface area contributed by atoms with E-state index < -0.39 is 16.6 Å². The largest absolute Gasteiger partial charge is 0.413 e. The molecule has 0 saturated heterocycles. The fourth-order valence-corrected chi connectivity index (χ4v) is 4.10. The van der Waals surface area contributed by atoms with Gasteiger partial charge in [-0.05, 0) is 42.3 Å². The van der Waals surface area contributed by atoms with E-state index in [9.17, 15) is 4.79 Å². The number of hydrogen-bond donors (Lipinski definition) is 0. The quantitative estimate of drug-likeness (QED) is 0.196. The molecule has 0 radical (unpaired) electrons. The monoisotopic (exact) mass is 398 g/mol. The van der Waals surface area contributed by atoms with Gasteiger partial charge in [-0.2, -0.15) is 0 Å². The molecule has 0 aromatic carbocycles. The Morgan fingerprint density at radius 1 is 0.885 bits per heavy atom. The maximum absolute atomic E-state index is 10.7. The van der Waals surface area contributed by atoms with Crippen molar-refractivity contribution in [3.8, 4) is 0 Å². The smallest absolute Gasteiger partial charge is 0.192 e. The first kappa shape index (κ1) is 25.5. The van der Waals surface area contributed by atoms with Gasteiger partial charge in [0.1, 0.15) is 6.29 Å². The Balaban J connectivity index is 5.20. The van der Waals surface area contributed by atoms with Crippen LogP contribution in [0, 0.1) is 5.92 Å². The molecule has 0 heterocycles. The molecule has 2 atom stereocenters. The lowest BCUT2D eigenvalue weighted by atomic mass is 10.0. The highest BCUT2D eigenvalue weighted by Crippen LogP contribution is 2.38. The Kier molecular flexibility index (Phi) is 9.44. The second kappa shape index (κ2) is 9.62. The van der Waals surface area contributed by atoms with E-state index >= 15 is 0 Å². The van der Waals surface area contributed by atoms with Gasteiger partial charge in [0.25, 0.3) is 0 Å². The van der Waals surface area contributed by atoms with Gasteiger partial charge in [-0.3, -0.25) is 4.79 Å². The topological polar surface area (TPSA) is 35.5 Å². The van der Waals surface area contributed by atoms with E-state index in [2.05, 4.69) is 86.8 Å². The molecular formula is C21H42O3Si2. The van der Waals surface area contributed by atoms with Crippen LogP contribution in [0.3, 0.4) is 0 Å². The van der Waals surface area contributed by atoms with Crippen LogP contribution in [0.2, 0.25) is 36.3 Å². The summed E-state index contributed by atoms with van der Waals surface area (Å²) in [6.07, 6.45) is 8.47. The van der Waals surface area contributed by atoms with Crippen molar-refractivity contribution >= 4 is 22.9 Å². The third-order valence-electron chi connectivity index (χ3n) is 5.92. The van der Waals surface area contributed by atoms with Gasteiger partial charge >= 0.3 is 0 Å². The second-order valence-electron chi connectivity index (χ2n) is 10.2. The predicted molar refractivity (Wildman–Crippen MR) is 119 cm³/mol. The zero-order valence-electron chi connectivity index (χ0n) is 19.0. The van der Waals surface area contributed by atoms with E-state index in [-0.39, 0.29) is 22.1 Å². The molecule has 26 heavy (non-hydrogen) atoms. The van der Waals surface area contributed by atoms with Crippen LogP contribution in [0.15, 0.2) is 24.3 Å². The van der Waals surface area contributed by atoms with Gasteiger partial charge < -0.3 is 8.85 Å². The molecule has 0 N–H and O–H groups in total. The highest BCUT2D eigenvalue weighted by molar-refractivity contribution is 6.74. The summed E-state index contributed by atoms with van der Waals surface area (Å²) >= 11 is 0. The molecule has 152 valence electrons. The highest BCUT2D eigenvalue weighted by Gasteiger charge is 2.39. The Morgan fingerprint density at radius 3 is 1.81 bits per heavy atom. The van der Waals surface area contributed by atoms with Crippen LogP contribution in [0.4, 0.5) is 0 Å². The fourth-order valence-electron chi connectivity index (χ4n) is 1.83. The van der Waals surface area contributed by atoms with E-state index in [0.29, 0.717) is 6.61 Å². The van der Waals surface area contributed by atoms with Crippen molar-refractivity contribution in [3.63, 3.8) is 0 Å². The number of hydrogen-bond acceptors (Lipinski definition) is 3. The molecule has 0 fully saturated rings. The van der Waals surface area contributed by atoms with Gasteiger partial charge in [-0.15, -0.1) is 0 Å². The van der Waals surface area contributed by atoms with Crippen LogP contribution >= 0.6 is 0 Å². The molecule has 0 saturated carbocycles. The summed E-state index contributed by atoms with van der Waals surface area (Å²) in [5.41, 5.74) is 0. The summed E-state index contributed by atoms with van der Waals surface area (Å²) in [6, 6.07) is 0. The van der Waals surface area contributed by atoms with E-state index in [1.54, 1.807) is 6.08 Å². The molecule has 0 rings (SSSR count). The summed E-state index contributed by atoms with van der Waals surface area (Å²) < 4.78 is 12.8. The summed E-state index contributed by atoms with van der Waals surface area (Å²) in [5, 5.41) is 0.350. The molecular weight excluding hydrogens is 356 g/mol. The van der Waals surface area contributed by atoms with Crippen LogP contribution < -0.4 is 0 Å². The maximum Gasteiger partial charge on any atom is 0.192 e. The van der Waals surface area contributed by atoms with Crippen molar-refractivity contribution in [1.82, 2.24) is 0 Å². The summed E-state index contributed by atoms with van der Waals surface area (Å²) in [5.74, 6) is 0.137. The minimum Gasteiger partial charge on any atom is -0.413 e. The molecule has 0 aromatic rings. The lowest BCUT2D eigenvalue weighted by Gasteiger charge is -2.40. The molecule has 0 spiro atoms. The van der Waals surface area contributed by atoms with Crippen molar-refractivity contribution in [2.24, 2.45) is 5.92 Å². The van der Waals surface area contributed by atoms with Crippen molar-refractivity contribution in [3.05, 3.63) is 24.3 Å². The molecule has 0 aromatic heterocycles. The van der Waals surface area contributed by atoms with E-state index in [1.807, 2.05) is 6.08 Å². The Hall–Kier alpha value is -0.496. The van der Waals surface area contributed by atoms with Gasteiger partial charge in [0.05, 0.1) is 12.7 Å². The third kappa shape index (κ3) is 8.03. The maximum atomic E-state index is 10.7. The van der Waals surface area contributed by atoms with Crippen LogP contribution in [0.1, 0.15) is 48.5 Å². The van der Waals surface area contributed by atoms with Gasteiger partial charge in [0.15, 0.2) is 16.6 Å². The average molecular weight is 399 g/mol. The molecule has 0 amide bonds. The predicted octanol–water partition coefficient (Wildman–Crippen LogP) is 6.35. The number of carbonyl (C=O) groups excluding carboxylic acids is 1. The molecule has 0 unspecified atom stereocenters. The van der Waals surface area contributed by atoms with Crippen LogP contribution in [-0.4, -0.2) is 35.6 Å². The normalized spacial score (nSPS) is 17.0. The lowest BCUT2D eigenvalue weighted by Crippen LogP contribution is -2.45. The van der Waals surface area contributed by atoms with Crippen molar-refractivity contribution < 1.29 is 13.6 Å². The molecule has 0 aliphatic carbocycles. The zero-order valence-corrected chi connectivity index (χ0v) is 21.0. The van der Waals surface area contributed by atoms with Crippen LogP contribution in [0.25, 0.3) is 0 Å². The number of allylic oxidation sites excluding steroid dienone is 1. The van der Waals surface area contributed by atoms with Crippen molar-refractivity contribution in [2.75, 3.05) is 6.61 Å². The van der Waals surface area contributed by atoms with E-state index in [4.69, 9.17) is 8.85 Å². The first-order chi connectivity index (χ1) is 11.5. The van der Waals surface area contributed by atoms with E-state index in [1.165, 1.54) is 0 Å². The van der Waals surface area contributed by atoms with E-state index in [0.717, 1.165) is 6.29 Å². The van der Waals surface area contributed by atoms with Gasteiger partial charge in [-0.1, -0.05) is 66.7 Å². The minimum atomic E-state index is -1.90. The highest BCUT2D eigenvalue weighted by atomic mass is 28.4. The summed E-state index contributed by atoms with van der Waals surface area (Å²) in [4.78, 5) is 10.7. The summed E-state index contributed by atoms with van der Waals surface area (Å²) in [7, 11) is -3.65. The number of rotatable bonds is 9. The van der Waals surface area contributed by atoms with Crippen LogP contribution in [0.5, 0.6) is 0 Å². The lowest BCUT2D eigenvalue weighted by molar-refractivity contribution is -0.104. The number of aldehydes is 1. The number of carbonyl (C=O) groups is 1. The van der Waals surface area contributed by atoms with Crippen molar-refractivity contribution in [2.45, 2.75) is 90.8 Å². The standard InChI is InChI=1S/C21H42O3Si2/c1-18(14-12-16-22)19(24-26(10,11)21(5,6)7)15-13-17-23-25(8,9)20(2,3)4/h12-16,18-19H,17H2,1-11H3/b14-12+,15-13+/t18-,19-/m1/s1. The molecule has 5 heteroatoms. The molecule has 0 aliphatic heterocycles. The fraction of sp³-hybridized carbons (Fsp3) is 0.762. The van der Waals surface area contributed by atoms with Crippen LogP contribution in [-0.2, 0) is 13.6 Å². The van der Waals surface area contributed by atoms with Gasteiger partial charge in [0.2, 0.25) is 0 Å². The van der Waals surface area contributed by atoms with Gasteiger partial charge in [0, 0.05) is 5.92 Å². The molecule has 0 bridgehead atoms. The first-order valence-electron chi connectivity index (χ1n) is 9.65. The molecule has 0 aliphatic rings. The Morgan fingerprint density at radius 2 is 1.38 bits per heavy atom. The van der Waals surface area contributed by atoms with Crippen molar-refractivity contribution in [1.29, 1.82) is 0 Å². The Bertz CT molecular complexity index is 494. The average Bonchev–Trinajstić information content (AvgIpc) is 2.45. The minimum absolute atomic E-state index is 0.0462. The Labute approximate surface area is 164 Å². The third-order valence-corrected chi connectivity index (χ3v) is 14.9. The summed E-state index contributed by atoms with van der Waals surface area (Å²) in [6.45, 7) is 25.2. The first-order valence-corrected chi connectivity index (χ1v) is 15.5. The second-order valence-corrected chi connectivity index (χ2v) is 19.8. The molecule has 3 nitrogen and oxygen atoms in total. The SMILES string of the molecule is C[C@H](/C=C/C=O)[C@@H](/C=C/CO[Si](C)(C)C(C)(C)C)O[Si](C)(C)C(C)(C)C. The zero-order chi connectivity index (χ0) is 20.8.